The van der Waals surface area contributed by atoms with Gasteiger partial charge in [-0.2, -0.15) is 4.98 Å². The number of hydrogen-bond donors (Lipinski definition) is 2. The van der Waals surface area contributed by atoms with Gasteiger partial charge in [0.05, 0.1) is 18.3 Å². The van der Waals surface area contributed by atoms with Gasteiger partial charge in [-0.25, -0.2) is 9.59 Å². The van der Waals surface area contributed by atoms with Crippen molar-refractivity contribution in [1.29, 1.82) is 0 Å². The zero-order valence-corrected chi connectivity index (χ0v) is 16.1. The second-order valence-corrected chi connectivity index (χ2v) is 6.75. The number of ether oxygens (including phenoxy) is 2. The van der Waals surface area contributed by atoms with E-state index in [9.17, 15) is 19.5 Å². The lowest BCUT2D eigenvalue weighted by Gasteiger charge is -2.23. The maximum Gasteiger partial charge on any atom is 0.351 e. The average molecular weight is 401 g/mol. The molecular weight excluding hydrogens is 378 g/mol. The van der Waals surface area contributed by atoms with E-state index in [1.165, 1.54) is 16.8 Å². The minimum Gasteiger partial charge on any atom is -0.454 e. The summed E-state index contributed by atoms with van der Waals surface area (Å²) in [6.45, 7) is 3.17. The van der Waals surface area contributed by atoms with Crippen LogP contribution in [0.15, 0.2) is 47.4 Å². The van der Waals surface area contributed by atoms with E-state index in [2.05, 4.69) is 10.3 Å². The van der Waals surface area contributed by atoms with E-state index < -0.39 is 30.1 Å². The number of aromatic nitrogens is 2. The maximum atomic E-state index is 12.5. The molecule has 154 valence electrons. The maximum absolute atomic E-state index is 12.5. The van der Waals surface area contributed by atoms with Crippen molar-refractivity contribution in [3.8, 4) is 0 Å². The number of hydrogen-bond acceptors (Lipinski definition) is 7. The van der Waals surface area contributed by atoms with Crippen molar-refractivity contribution in [2.75, 3.05) is 11.9 Å². The molecule has 1 fully saturated rings. The van der Waals surface area contributed by atoms with E-state index in [0.29, 0.717) is 5.56 Å². The van der Waals surface area contributed by atoms with Crippen LogP contribution >= 0.6 is 0 Å². The van der Waals surface area contributed by atoms with Crippen molar-refractivity contribution in [3.63, 3.8) is 0 Å². The first-order valence-corrected chi connectivity index (χ1v) is 9.36. The highest BCUT2D eigenvalue weighted by Crippen LogP contribution is 2.35. The summed E-state index contributed by atoms with van der Waals surface area (Å²) in [5.41, 5.74) is -0.301. The third-order valence-electron chi connectivity index (χ3n) is 4.83. The predicted octanol–water partition coefficient (Wildman–Crippen LogP) is 1.34. The van der Waals surface area contributed by atoms with Crippen LogP contribution in [-0.4, -0.2) is 45.3 Å². The van der Waals surface area contributed by atoms with Crippen LogP contribution in [-0.2, 0) is 14.3 Å². The SMILES string of the molecule is CCC(=O)Nc1ccn([C@@H]2O[C@H](CO)[C@@H](C)[C@@H]2OC(=O)c2ccccc2)c(=O)n1. The van der Waals surface area contributed by atoms with E-state index in [1.807, 2.05) is 0 Å². The highest BCUT2D eigenvalue weighted by molar-refractivity contribution is 5.89. The fraction of sp³-hybridized carbons (Fsp3) is 0.400. The molecule has 1 aromatic carbocycles. The van der Waals surface area contributed by atoms with Gasteiger partial charge in [0.15, 0.2) is 12.3 Å². The third-order valence-corrected chi connectivity index (χ3v) is 4.83. The lowest BCUT2D eigenvalue weighted by Crippen LogP contribution is -2.36. The molecule has 1 aliphatic heterocycles. The summed E-state index contributed by atoms with van der Waals surface area (Å²) in [7, 11) is 0. The number of amides is 1. The van der Waals surface area contributed by atoms with Crippen LogP contribution in [0.5, 0.6) is 0 Å². The smallest absolute Gasteiger partial charge is 0.351 e. The van der Waals surface area contributed by atoms with Crippen LogP contribution in [0.3, 0.4) is 0 Å². The van der Waals surface area contributed by atoms with Crippen LogP contribution < -0.4 is 11.0 Å². The summed E-state index contributed by atoms with van der Waals surface area (Å²) < 4.78 is 12.6. The number of aliphatic hydroxyl groups is 1. The number of aliphatic hydroxyl groups excluding tert-OH is 1. The molecule has 2 N–H and O–H groups in total. The first-order valence-electron chi connectivity index (χ1n) is 9.36. The van der Waals surface area contributed by atoms with Gasteiger partial charge in [0.1, 0.15) is 5.82 Å². The highest BCUT2D eigenvalue weighted by atomic mass is 16.6. The topological polar surface area (TPSA) is 120 Å². The number of anilines is 1. The molecule has 0 aliphatic carbocycles. The van der Waals surface area contributed by atoms with Gasteiger partial charge < -0.3 is 19.9 Å². The van der Waals surface area contributed by atoms with Gasteiger partial charge in [-0.15, -0.1) is 0 Å². The Hall–Kier alpha value is -3.04. The Kier molecular flexibility index (Phi) is 6.40. The molecule has 0 spiro atoms. The largest absolute Gasteiger partial charge is 0.454 e. The molecule has 29 heavy (non-hydrogen) atoms. The number of esters is 1. The van der Waals surface area contributed by atoms with Gasteiger partial charge in [0.2, 0.25) is 5.91 Å². The molecule has 2 aromatic rings. The summed E-state index contributed by atoms with van der Waals surface area (Å²) in [5.74, 6) is -1.05. The van der Waals surface area contributed by atoms with Crippen molar-refractivity contribution in [2.24, 2.45) is 5.92 Å². The van der Waals surface area contributed by atoms with E-state index in [-0.39, 0.29) is 30.7 Å². The number of rotatable bonds is 6. The van der Waals surface area contributed by atoms with Gasteiger partial charge in [-0.05, 0) is 18.2 Å². The number of carbonyl (C=O) groups is 2. The van der Waals surface area contributed by atoms with Crippen molar-refractivity contribution in [2.45, 2.75) is 38.7 Å². The summed E-state index contributed by atoms with van der Waals surface area (Å²) in [5, 5.41) is 12.1. The quantitative estimate of drug-likeness (QED) is 0.701. The zero-order chi connectivity index (χ0) is 21.0. The molecule has 0 unspecified atom stereocenters. The Morgan fingerprint density at radius 3 is 2.62 bits per heavy atom. The van der Waals surface area contributed by atoms with Gasteiger partial charge in [-0.3, -0.25) is 9.36 Å². The summed E-state index contributed by atoms with van der Waals surface area (Å²) in [6.07, 6.45) is -0.703. The van der Waals surface area contributed by atoms with Crippen molar-refractivity contribution >= 4 is 17.7 Å². The first-order chi connectivity index (χ1) is 13.9. The molecule has 1 amide bonds. The molecule has 0 bridgehead atoms. The molecule has 4 atom stereocenters. The van der Waals surface area contributed by atoms with E-state index in [4.69, 9.17) is 9.47 Å². The summed E-state index contributed by atoms with van der Waals surface area (Å²) in [6, 6.07) is 9.94. The average Bonchev–Trinajstić information content (AvgIpc) is 3.04. The molecule has 1 aromatic heterocycles. The monoisotopic (exact) mass is 401 g/mol. The lowest BCUT2D eigenvalue weighted by atomic mass is 10.0. The van der Waals surface area contributed by atoms with Gasteiger partial charge in [0.25, 0.3) is 0 Å². The molecular formula is C20H23N3O6. The fourth-order valence-corrected chi connectivity index (χ4v) is 3.12. The zero-order valence-electron chi connectivity index (χ0n) is 16.1. The summed E-state index contributed by atoms with van der Waals surface area (Å²) in [4.78, 5) is 40.4. The highest BCUT2D eigenvalue weighted by Gasteiger charge is 2.45. The normalized spacial score (nSPS) is 23.6. The van der Waals surface area contributed by atoms with Crippen LogP contribution in [0, 0.1) is 5.92 Å². The number of carbonyl (C=O) groups excluding carboxylic acids is 2. The Morgan fingerprint density at radius 2 is 2.00 bits per heavy atom. The predicted molar refractivity (Wildman–Crippen MR) is 103 cm³/mol. The van der Waals surface area contributed by atoms with Crippen LogP contribution in [0.25, 0.3) is 0 Å². The minimum absolute atomic E-state index is 0.126. The Morgan fingerprint density at radius 1 is 1.28 bits per heavy atom. The second kappa shape index (κ2) is 8.97. The van der Waals surface area contributed by atoms with Crippen molar-refractivity contribution < 1.29 is 24.2 Å². The molecule has 1 aliphatic rings. The molecule has 0 radical (unpaired) electrons. The van der Waals surface area contributed by atoms with Crippen LogP contribution in [0.1, 0.15) is 36.9 Å². The molecule has 9 heteroatoms. The van der Waals surface area contributed by atoms with E-state index in [1.54, 1.807) is 44.2 Å². The Balaban J connectivity index is 1.86. The Labute approximate surface area is 167 Å². The molecule has 1 saturated heterocycles. The number of benzene rings is 1. The first kappa shape index (κ1) is 20.7. The van der Waals surface area contributed by atoms with Crippen LogP contribution in [0.2, 0.25) is 0 Å². The lowest BCUT2D eigenvalue weighted by molar-refractivity contribution is -0.115. The third kappa shape index (κ3) is 4.52. The molecule has 2 heterocycles. The van der Waals surface area contributed by atoms with Crippen molar-refractivity contribution in [1.82, 2.24) is 9.55 Å². The number of nitrogens with zero attached hydrogens (tertiary/aromatic N) is 2. The molecule has 3 rings (SSSR count). The standard InChI is InChI=1S/C20H23N3O6/c1-3-16(25)21-15-9-10-23(20(27)22-15)18-17(12(2)14(11-24)28-18)29-19(26)13-7-5-4-6-8-13/h4-10,12,14,17-18,24H,3,11H2,1-2H3,(H,21,22,25,27)/t12-,14-,17+,18-/m1/s1. The van der Waals surface area contributed by atoms with Gasteiger partial charge in [-0.1, -0.05) is 32.0 Å². The minimum atomic E-state index is -0.953. The molecule has 9 nitrogen and oxygen atoms in total. The Bertz CT molecular complexity index is 929. The number of nitrogens with one attached hydrogen (secondary N) is 1. The van der Waals surface area contributed by atoms with Gasteiger partial charge >= 0.3 is 11.7 Å². The van der Waals surface area contributed by atoms with Crippen molar-refractivity contribution in [3.05, 3.63) is 58.6 Å². The van der Waals surface area contributed by atoms with E-state index in [0.717, 1.165) is 0 Å². The van der Waals surface area contributed by atoms with Gasteiger partial charge in [0, 0.05) is 18.5 Å². The summed E-state index contributed by atoms with van der Waals surface area (Å²) >= 11 is 0. The molecule has 0 saturated carbocycles. The van der Waals surface area contributed by atoms with Crippen LogP contribution in [0.4, 0.5) is 5.82 Å². The fourth-order valence-electron chi connectivity index (χ4n) is 3.12. The van der Waals surface area contributed by atoms with E-state index >= 15 is 0 Å². The second-order valence-electron chi connectivity index (χ2n) is 6.75.